The van der Waals surface area contributed by atoms with Gasteiger partial charge in [0.2, 0.25) is 11.7 Å². The first-order valence-corrected chi connectivity index (χ1v) is 4.99. The molecule has 0 amide bonds. The molecule has 0 aliphatic heterocycles. The average molecular weight is 217 g/mol. The number of nitrogens with one attached hydrogen (secondary N) is 1. The van der Waals surface area contributed by atoms with Crippen molar-refractivity contribution in [1.29, 1.82) is 5.26 Å². The van der Waals surface area contributed by atoms with E-state index in [0.717, 1.165) is 0 Å². The highest BCUT2D eigenvalue weighted by molar-refractivity contribution is 5.40. The van der Waals surface area contributed by atoms with Gasteiger partial charge in [0.05, 0.1) is 6.07 Å². The van der Waals surface area contributed by atoms with Crippen LogP contribution in [-0.4, -0.2) is 20.1 Å². The Morgan fingerprint density at radius 2 is 2.50 bits per heavy atom. The molecular formula is C10H11N5O. The van der Waals surface area contributed by atoms with Crippen molar-refractivity contribution in [3.63, 3.8) is 0 Å². The fourth-order valence-electron chi connectivity index (χ4n) is 1.35. The van der Waals surface area contributed by atoms with Gasteiger partial charge in [-0.3, -0.25) is 0 Å². The Kier molecular flexibility index (Phi) is 2.96. The largest absolute Gasteiger partial charge is 0.342 e. The summed E-state index contributed by atoms with van der Waals surface area (Å²) < 4.78 is 5.07. The highest BCUT2D eigenvalue weighted by atomic mass is 16.5. The summed E-state index contributed by atoms with van der Waals surface area (Å²) in [7, 11) is 0. The van der Waals surface area contributed by atoms with E-state index in [-0.39, 0.29) is 5.92 Å². The molecule has 0 aliphatic carbocycles. The first kappa shape index (κ1) is 10.4. The number of hydrogen-bond donors (Lipinski definition) is 1. The zero-order valence-electron chi connectivity index (χ0n) is 8.84. The third kappa shape index (κ3) is 2.25. The monoisotopic (exact) mass is 217 g/mol. The molecular weight excluding hydrogens is 206 g/mol. The molecule has 0 bridgehead atoms. The summed E-state index contributed by atoms with van der Waals surface area (Å²) in [6.07, 6.45) is 4.42. The molecule has 2 aromatic rings. The van der Waals surface area contributed by atoms with Gasteiger partial charge in [0.15, 0.2) is 5.82 Å². The van der Waals surface area contributed by atoms with Crippen molar-refractivity contribution in [2.75, 3.05) is 0 Å². The molecule has 1 unspecified atom stereocenters. The van der Waals surface area contributed by atoms with Gasteiger partial charge >= 0.3 is 0 Å². The summed E-state index contributed by atoms with van der Waals surface area (Å²) in [5, 5.41) is 12.3. The van der Waals surface area contributed by atoms with E-state index < -0.39 is 0 Å². The normalized spacial score (nSPS) is 12.2. The minimum absolute atomic E-state index is 0.218. The lowest BCUT2D eigenvalue weighted by Gasteiger charge is -2.00. The van der Waals surface area contributed by atoms with Crippen molar-refractivity contribution in [1.82, 2.24) is 20.1 Å². The van der Waals surface area contributed by atoms with Crippen LogP contribution in [0, 0.1) is 17.2 Å². The Hall–Kier alpha value is -2.16. The average Bonchev–Trinajstić information content (AvgIpc) is 2.86. The van der Waals surface area contributed by atoms with Gasteiger partial charge in [0, 0.05) is 25.2 Å². The molecule has 0 saturated heterocycles. The van der Waals surface area contributed by atoms with Crippen LogP contribution >= 0.6 is 0 Å². The van der Waals surface area contributed by atoms with Gasteiger partial charge in [-0.25, -0.2) is 4.98 Å². The van der Waals surface area contributed by atoms with E-state index in [4.69, 9.17) is 9.78 Å². The zero-order chi connectivity index (χ0) is 11.4. The number of hydrogen-bond acceptors (Lipinski definition) is 5. The number of imidazole rings is 1. The lowest BCUT2D eigenvalue weighted by atomic mass is 10.1. The summed E-state index contributed by atoms with van der Waals surface area (Å²) in [6.45, 7) is 1.97. The van der Waals surface area contributed by atoms with Gasteiger partial charge in [-0.15, -0.1) is 0 Å². The summed E-state index contributed by atoms with van der Waals surface area (Å²) >= 11 is 0. The Balaban J connectivity index is 2.06. The van der Waals surface area contributed by atoms with Gasteiger partial charge in [-0.05, 0) is 5.92 Å². The molecule has 2 rings (SSSR count). The second kappa shape index (κ2) is 4.57. The van der Waals surface area contributed by atoms with Crippen LogP contribution in [-0.2, 0) is 6.42 Å². The quantitative estimate of drug-likeness (QED) is 0.838. The molecule has 0 spiro atoms. The van der Waals surface area contributed by atoms with Crippen LogP contribution in [0.3, 0.4) is 0 Å². The van der Waals surface area contributed by atoms with Crippen molar-refractivity contribution < 1.29 is 4.52 Å². The number of rotatable bonds is 4. The number of H-pyrrole nitrogens is 1. The molecule has 6 nitrogen and oxygen atoms in total. The highest BCUT2D eigenvalue weighted by Gasteiger charge is 2.12. The third-order valence-electron chi connectivity index (χ3n) is 2.14. The SMILES string of the molecule is CC(CC#N)Cc1nc(-c2ncc[nH]2)no1. The number of aromatic amines is 1. The van der Waals surface area contributed by atoms with Crippen molar-refractivity contribution in [3.8, 4) is 17.7 Å². The summed E-state index contributed by atoms with van der Waals surface area (Å²) in [6, 6.07) is 2.11. The van der Waals surface area contributed by atoms with Gasteiger partial charge in [0.1, 0.15) is 0 Å². The van der Waals surface area contributed by atoms with Crippen molar-refractivity contribution >= 4 is 0 Å². The Bertz CT molecular complexity index is 482. The van der Waals surface area contributed by atoms with Crippen molar-refractivity contribution in [2.24, 2.45) is 5.92 Å². The molecule has 1 N–H and O–H groups in total. The standard InChI is InChI=1S/C10H11N5O/c1-7(2-3-11)6-8-14-10(15-16-8)9-12-4-5-13-9/h4-5,7H,2,6H2,1H3,(H,12,13). The number of aromatic nitrogens is 4. The molecule has 16 heavy (non-hydrogen) atoms. The van der Waals surface area contributed by atoms with E-state index in [1.165, 1.54) is 0 Å². The van der Waals surface area contributed by atoms with Gasteiger partial charge in [0.25, 0.3) is 0 Å². The third-order valence-corrected chi connectivity index (χ3v) is 2.14. The van der Waals surface area contributed by atoms with Crippen LogP contribution in [0.1, 0.15) is 19.2 Å². The van der Waals surface area contributed by atoms with E-state index in [1.54, 1.807) is 12.4 Å². The maximum absolute atomic E-state index is 8.54. The Labute approximate surface area is 92.3 Å². The van der Waals surface area contributed by atoms with Crippen LogP contribution in [0.4, 0.5) is 0 Å². The highest BCUT2D eigenvalue weighted by Crippen LogP contribution is 2.13. The molecule has 0 radical (unpaired) electrons. The van der Waals surface area contributed by atoms with Crippen LogP contribution in [0.15, 0.2) is 16.9 Å². The molecule has 2 aromatic heterocycles. The van der Waals surface area contributed by atoms with E-state index >= 15 is 0 Å². The van der Waals surface area contributed by atoms with E-state index in [9.17, 15) is 0 Å². The molecule has 0 aromatic carbocycles. The van der Waals surface area contributed by atoms with Gasteiger partial charge in [-0.2, -0.15) is 10.2 Å². The van der Waals surface area contributed by atoms with Gasteiger partial charge < -0.3 is 9.51 Å². The maximum atomic E-state index is 8.54. The minimum Gasteiger partial charge on any atom is -0.342 e. The van der Waals surface area contributed by atoms with Crippen LogP contribution < -0.4 is 0 Å². The second-order valence-corrected chi connectivity index (χ2v) is 3.62. The first-order chi connectivity index (χ1) is 7.79. The minimum atomic E-state index is 0.218. The van der Waals surface area contributed by atoms with Crippen LogP contribution in [0.2, 0.25) is 0 Å². The Morgan fingerprint density at radius 3 is 3.19 bits per heavy atom. The molecule has 1 atom stereocenters. The molecule has 2 heterocycles. The summed E-state index contributed by atoms with van der Waals surface area (Å²) in [4.78, 5) is 11.1. The van der Waals surface area contributed by atoms with Crippen molar-refractivity contribution in [2.45, 2.75) is 19.8 Å². The van der Waals surface area contributed by atoms with E-state index in [2.05, 4.69) is 26.2 Å². The fraction of sp³-hybridized carbons (Fsp3) is 0.400. The zero-order valence-corrected chi connectivity index (χ0v) is 8.84. The number of nitriles is 1. The second-order valence-electron chi connectivity index (χ2n) is 3.62. The molecule has 0 saturated carbocycles. The van der Waals surface area contributed by atoms with Crippen molar-refractivity contribution in [3.05, 3.63) is 18.3 Å². The van der Waals surface area contributed by atoms with E-state index in [1.807, 2.05) is 6.92 Å². The van der Waals surface area contributed by atoms with Gasteiger partial charge in [-0.1, -0.05) is 12.1 Å². The fourth-order valence-corrected chi connectivity index (χ4v) is 1.35. The molecule has 0 fully saturated rings. The number of nitrogens with zero attached hydrogens (tertiary/aromatic N) is 4. The molecule has 0 aliphatic rings. The lowest BCUT2D eigenvalue weighted by Crippen LogP contribution is -1.98. The lowest BCUT2D eigenvalue weighted by molar-refractivity contribution is 0.359. The maximum Gasteiger partial charge on any atom is 0.238 e. The molecule has 6 heteroatoms. The summed E-state index contributed by atoms with van der Waals surface area (Å²) in [5.74, 6) is 1.79. The molecule has 82 valence electrons. The van der Waals surface area contributed by atoms with Crippen LogP contribution in [0.5, 0.6) is 0 Å². The summed E-state index contributed by atoms with van der Waals surface area (Å²) in [5.41, 5.74) is 0. The Morgan fingerprint density at radius 1 is 1.62 bits per heavy atom. The predicted molar refractivity (Wildman–Crippen MR) is 55.0 cm³/mol. The van der Waals surface area contributed by atoms with E-state index in [0.29, 0.717) is 30.4 Å². The van der Waals surface area contributed by atoms with Crippen LogP contribution in [0.25, 0.3) is 11.6 Å². The smallest absolute Gasteiger partial charge is 0.238 e. The first-order valence-electron chi connectivity index (χ1n) is 4.99. The predicted octanol–water partition coefficient (Wildman–Crippen LogP) is 1.55. The topological polar surface area (TPSA) is 91.4 Å².